The molecule has 1 aromatic heterocycles. The molecule has 0 bridgehead atoms. The minimum atomic E-state index is 0.298. The Kier molecular flexibility index (Phi) is 4.88. The van der Waals surface area contributed by atoms with Gasteiger partial charge in [0, 0.05) is 17.4 Å². The zero-order valence-electron chi connectivity index (χ0n) is 13.1. The summed E-state index contributed by atoms with van der Waals surface area (Å²) >= 11 is 9.48. The van der Waals surface area contributed by atoms with Gasteiger partial charge in [0.25, 0.3) is 0 Å². The molecule has 0 atom stereocenters. The van der Waals surface area contributed by atoms with Crippen molar-refractivity contribution >= 4 is 33.2 Å². The molecule has 0 radical (unpaired) electrons. The van der Waals surface area contributed by atoms with Crippen molar-refractivity contribution in [1.82, 2.24) is 9.97 Å². The van der Waals surface area contributed by atoms with E-state index in [4.69, 9.17) is 22.1 Å². The molecular formula is C18H12BrClN4O. The number of nitrogens with zero attached hydrogens (tertiary/aromatic N) is 3. The predicted molar refractivity (Wildman–Crippen MR) is 101 cm³/mol. The third-order valence-corrected chi connectivity index (χ3v) is 4.33. The second kappa shape index (κ2) is 7.09. The predicted octanol–water partition coefficient (Wildman–Crippen LogP) is 5.11. The van der Waals surface area contributed by atoms with Gasteiger partial charge in [-0.05, 0) is 58.7 Å². The van der Waals surface area contributed by atoms with Crippen LogP contribution < -0.4 is 10.5 Å². The van der Waals surface area contributed by atoms with Crippen LogP contribution in [0.25, 0.3) is 11.4 Å². The summed E-state index contributed by atoms with van der Waals surface area (Å²) in [7, 11) is 0. The molecule has 25 heavy (non-hydrogen) atoms. The lowest BCUT2D eigenvalue weighted by atomic mass is 10.0. The Morgan fingerprint density at radius 1 is 1.24 bits per heavy atom. The Balaban J connectivity index is 2.12. The van der Waals surface area contributed by atoms with Crippen LogP contribution in [0.2, 0.25) is 5.02 Å². The SMILES string of the molecule is Cc1cc(Cl)cc(Br)c1Oc1ccc(C#N)c(-c2ncccn2)c1N. The number of hydrogen-bond donors (Lipinski definition) is 1. The fourth-order valence-electron chi connectivity index (χ4n) is 2.38. The van der Waals surface area contributed by atoms with E-state index in [-0.39, 0.29) is 0 Å². The highest BCUT2D eigenvalue weighted by Gasteiger charge is 2.18. The van der Waals surface area contributed by atoms with E-state index in [1.54, 1.807) is 42.7 Å². The number of rotatable bonds is 3. The minimum Gasteiger partial charge on any atom is -0.454 e. The van der Waals surface area contributed by atoms with E-state index in [2.05, 4.69) is 32.0 Å². The maximum Gasteiger partial charge on any atom is 0.162 e. The minimum absolute atomic E-state index is 0.298. The van der Waals surface area contributed by atoms with Crippen LogP contribution in [0.5, 0.6) is 11.5 Å². The number of aryl methyl sites for hydroxylation is 1. The molecule has 0 saturated carbocycles. The summed E-state index contributed by atoms with van der Waals surface area (Å²) < 4.78 is 6.70. The first kappa shape index (κ1) is 17.2. The summed E-state index contributed by atoms with van der Waals surface area (Å²) in [4.78, 5) is 8.38. The van der Waals surface area contributed by atoms with Crippen molar-refractivity contribution in [3.05, 3.63) is 63.3 Å². The molecule has 0 amide bonds. The first-order chi connectivity index (χ1) is 12.0. The van der Waals surface area contributed by atoms with E-state index in [1.807, 2.05) is 6.92 Å². The molecule has 5 nitrogen and oxygen atoms in total. The lowest BCUT2D eigenvalue weighted by Crippen LogP contribution is -2.01. The average Bonchev–Trinajstić information content (AvgIpc) is 2.59. The van der Waals surface area contributed by atoms with Crippen molar-refractivity contribution in [3.8, 4) is 29.0 Å². The van der Waals surface area contributed by atoms with Crippen molar-refractivity contribution in [2.75, 3.05) is 5.73 Å². The number of nitrogens with two attached hydrogens (primary N) is 1. The Morgan fingerprint density at radius 2 is 1.96 bits per heavy atom. The van der Waals surface area contributed by atoms with Gasteiger partial charge in [0.2, 0.25) is 0 Å². The molecule has 124 valence electrons. The third kappa shape index (κ3) is 3.43. The number of benzene rings is 2. The maximum absolute atomic E-state index is 9.38. The molecule has 0 saturated heterocycles. The molecule has 1 heterocycles. The van der Waals surface area contributed by atoms with E-state index < -0.39 is 0 Å². The lowest BCUT2D eigenvalue weighted by molar-refractivity contribution is 0.478. The van der Waals surface area contributed by atoms with Gasteiger partial charge in [-0.1, -0.05) is 11.6 Å². The van der Waals surface area contributed by atoms with Crippen LogP contribution in [0.1, 0.15) is 11.1 Å². The van der Waals surface area contributed by atoms with Crippen LogP contribution in [-0.4, -0.2) is 9.97 Å². The fraction of sp³-hybridized carbons (Fsp3) is 0.0556. The highest BCUT2D eigenvalue weighted by molar-refractivity contribution is 9.10. The van der Waals surface area contributed by atoms with Crippen LogP contribution >= 0.6 is 27.5 Å². The third-order valence-electron chi connectivity index (χ3n) is 3.52. The maximum atomic E-state index is 9.38. The Morgan fingerprint density at radius 3 is 2.60 bits per heavy atom. The molecule has 0 aliphatic carbocycles. The van der Waals surface area contributed by atoms with E-state index in [1.165, 1.54) is 0 Å². The van der Waals surface area contributed by atoms with Gasteiger partial charge in [-0.15, -0.1) is 0 Å². The molecule has 3 aromatic rings. The van der Waals surface area contributed by atoms with Crippen molar-refractivity contribution in [3.63, 3.8) is 0 Å². The Labute approximate surface area is 158 Å². The summed E-state index contributed by atoms with van der Waals surface area (Å²) in [6.45, 7) is 1.88. The Hall–Kier alpha value is -2.62. The number of nitrogen functional groups attached to an aromatic ring is 1. The summed E-state index contributed by atoms with van der Waals surface area (Å²) in [5.74, 6) is 1.38. The smallest absolute Gasteiger partial charge is 0.162 e. The molecule has 0 fully saturated rings. The van der Waals surface area contributed by atoms with Crippen molar-refractivity contribution in [2.24, 2.45) is 0 Å². The van der Waals surface area contributed by atoms with Gasteiger partial charge in [-0.2, -0.15) is 5.26 Å². The molecule has 3 rings (SSSR count). The normalized spacial score (nSPS) is 10.3. The fourth-order valence-corrected chi connectivity index (χ4v) is 3.42. The van der Waals surface area contributed by atoms with Crippen molar-refractivity contribution in [2.45, 2.75) is 6.92 Å². The molecule has 0 spiro atoms. The monoisotopic (exact) mass is 414 g/mol. The van der Waals surface area contributed by atoms with Crippen molar-refractivity contribution in [1.29, 1.82) is 5.26 Å². The summed E-state index contributed by atoms with van der Waals surface area (Å²) in [5.41, 5.74) is 8.24. The molecule has 0 unspecified atom stereocenters. The molecule has 0 aliphatic heterocycles. The first-order valence-corrected chi connectivity index (χ1v) is 8.42. The molecule has 7 heteroatoms. The van der Waals surface area contributed by atoms with Crippen LogP contribution in [0.15, 0.2) is 47.2 Å². The first-order valence-electron chi connectivity index (χ1n) is 7.24. The molecule has 2 N–H and O–H groups in total. The van der Waals surface area contributed by atoms with E-state index in [0.717, 1.165) is 5.56 Å². The quantitative estimate of drug-likeness (QED) is 0.601. The summed E-state index contributed by atoms with van der Waals surface area (Å²) in [6.07, 6.45) is 3.19. The number of halogens is 2. The molecule has 2 aromatic carbocycles. The van der Waals surface area contributed by atoms with Gasteiger partial charge in [0.1, 0.15) is 5.75 Å². The van der Waals surface area contributed by atoms with Gasteiger partial charge in [0.15, 0.2) is 11.6 Å². The standard InChI is InChI=1S/C18H12BrClN4O/c1-10-7-12(20)8-13(19)17(10)25-14-4-3-11(9-21)15(16(14)22)18-23-5-2-6-24-18/h2-8H,22H2,1H3. The second-order valence-electron chi connectivity index (χ2n) is 5.22. The second-order valence-corrected chi connectivity index (χ2v) is 6.51. The molecule has 0 aliphatic rings. The van der Waals surface area contributed by atoms with Crippen LogP contribution in [0, 0.1) is 18.3 Å². The zero-order valence-corrected chi connectivity index (χ0v) is 15.5. The zero-order chi connectivity index (χ0) is 18.0. The van der Waals surface area contributed by atoms with Crippen LogP contribution in [0.4, 0.5) is 5.69 Å². The summed E-state index contributed by atoms with van der Waals surface area (Å²) in [6, 6.07) is 10.6. The summed E-state index contributed by atoms with van der Waals surface area (Å²) in [5, 5.41) is 9.98. The van der Waals surface area contributed by atoms with E-state index >= 15 is 0 Å². The van der Waals surface area contributed by atoms with E-state index in [9.17, 15) is 5.26 Å². The van der Waals surface area contributed by atoms with Gasteiger partial charge in [0.05, 0.1) is 27.4 Å². The number of hydrogen-bond acceptors (Lipinski definition) is 5. The van der Waals surface area contributed by atoms with Crippen molar-refractivity contribution < 1.29 is 4.74 Å². The highest BCUT2D eigenvalue weighted by Crippen LogP contribution is 2.40. The lowest BCUT2D eigenvalue weighted by Gasteiger charge is -2.15. The largest absolute Gasteiger partial charge is 0.454 e. The van der Waals surface area contributed by atoms with Gasteiger partial charge >= 0.3 is 0 Å². The average molecular weight is 416 g/mol. The number of aromatic nitrogens is 2. The highest BCUT2D eigenvalue weighted by atomic mass is 79.9. The van der Waals surface area contributed by atoms with Gasteiger partial charge in [-0.3, -0.25) is 0 Å². The van der Waals surface area contributed by atoms with Crippen LogP contribution in [-0.2, 0) is 0 Å². The Bertz CT molecular complexity index is 963. The number of ether oxygens (including phenoxy) is 1. The van der Waals surface area contributed by atoms with Gasteiger partial charge in [-0.25, -0.2) is 9.97 Å². The van der Waals surface area contributed by atoms with Gasteiger partial charge < -0.3 is 10.5 Å². The molecular weight excluding hydrogens is 404 g/mol. The van der Waals surface area contributed by atoms with Crippen LogP contribution in [0.3, 0.4) is 0 Å². The topological polar surface area (TPSA) is 84.8 Å². The number of nitriles is 1. The van der Waals surface area contributed by atoms with E-state index in [0.29, 0.717) is 43.6 Å². The number of anilines is 1.